The Labute approximate surface area is 149 Å². The third-order valence-electron chi connectivity index (χ3n) is 4.43. The summed E-state index contributed by atoms with van der Waals surface area (Å²) in [7, 11) is -2.89. The largest absolute Gasteiger partial charge is 0.364 e. The Hall–Kier alpha value is -2.02. The number of benzene rings is 1. The number of nitrogens with one attached hydrogen (secondary N) is 2. The average Bonchev–Trinajstić information content (AvgIpc) is 3.23. The molecule has 2 heterocycles. The monoisotopic (exact) mass is 362 g/mol. The Balaban J connectivity index is 1.64. The summed E-state index contributed by atoms with van der Waals surface area (Å²) in [5, 5.41) is 6.45. The molecule has 0 saturated carbocycles. The number of guanidine groups is 1. The lowest BCUT2D eigenvalue weighted by Gasteiger charge is -2.18. The lowest BCUT2D eigenvalue weighted by molar-refractivity contribution is 0.599. The van der Waals surface area contributed by atoms with Gasteiger partial charge in [-0.3, -0.25) is 0 Å². The van der Waals surface area contributed by atoms with Gasteiger partial charge in [0.15, 0.2) is 15.8 Å². The van der Waals surface area contributed by atoms with Crippen LogP contribution in [-0.4, -0.2) is 51.6 Å². The fraction of sp³-hybridized carbons (Fsp3) is 0.500. The zero-order valence-corrected chi connectivity index (χ0v) is 15.4. The Morgan fingerprint density at radius 3 is 2.80 bits per heavy atom. The molecular weight excluding hydrogens is 336 g/mol. The number of hydrogen-bond acceptors (Lipinski definition) is 4. The van der Waals surface area contributed by atoms with Crippen molar-refractivity contribution in [1.82, 2.24) is 10.6 Å². The first-order chi connectivity index (χ1) is 12.1. The molecule has 0 radical (unpaired) electrons. The van der Waals surface area contributed by atoms with Crippen molar-refractivity contribution in [1.29, 1.82) is 0 Å². The summed E-state index contributed by atoms with van der Waals surface area (Å²) in [4.78, 5) is 6.93. The summed E-state index contributed by atoms with van der Waals surface area (Å²) in [5.74, 6) is 1.13. The Morgan fingerprint density at radius 1 is 1.32 bits per heavy atom. The molecular formula is C18H26N4O2S. The van der Waals surface area contributed by atoms with Gasteiger partial charge in [0, 0.05) is 31.4 Å². The minimum absolute atomic E-state index is 0.0511. The van der Waals surface area contributed by atoms with Crippen LogP contribution < -0.4 is 15.5 Å². The number of hydrogen-bond donors (Lipinski definition) is 2. The van der Waals surface area contributed by atoms with Crippen LogP contribution in [0.1, 0.15) is 18.9 Å². The summed E-state index contributed by atoms with van der Waals surface area (Å²) in [6.45, 7) is 5.21. The van der Waals surface area contributed by atoms with E-state index in [1.54, 1.807) is 0 Å². The molecule has 1 atom stereocenters. The fourth-order valence-corrected chi connectivity index (χ4v) is 4.81. The first-order valence-corrected chi connectivity index (χ1v) is 10.6. The van der Waals surface area contributed by atoms with E-state index >= 15 is 0 Å². The van der Waals surface area contributed by atoms with Crippen LogP contribution in [0.5, 0.6) is 0 Å². The van der Waals surface area contributed by atoms with Crippen LogP contribution in [0.3, 0.4) is 0 Å². The van der Waals surface area contributed by atoms with Crippen LogP contribution in [0.15, 0.2) is 41.4 Å². The topological polar surface area (TPSA) is 73.8 Å². The van der Waals surface area contributed by atoms with Gasteiger partial charge in [-0.25, -0.2) is 13.4 Å². The molecule has 1 fully saturated rings. The molecule has 0 amide bonds. The third-order valence-corrected chi connectivity index (χ3v) is 6.20. The van der Waals surface area contributed by atoms with E-state index in [0.717, 1.165) is 25.2 Å². The molecule has 0 spiro atoms. The summed E-state index contributed by atoms with van der Waals surface area (Å²) in [6.07, 6.45) is 4.99. The minimum atomic E-state index is -2.89. The Kier molecular flexibility index (Phi) is 5.63. The first-order valence-electron chi connectivity index (χ1n) is 8.80. The highest BCUT2D eigenvalue weighted by Crippen LogP contribution is 2.19. The minimum Gasteiger partial charge on any atom is -0.364 e. The SMILES string of the molecule is CCNC(=NCc1cccc(N2CC=CC2)c1)NC1CCS(=O)(=O)C1. The highest BCUT2D eigenvalue weighted by atomic mass is 32.2. The van der Waals surface area contributed by atoms with Gasteiger partial charge in [-0.2, -0.15) is 0 Å². The maximum atomic E-state index is 11.6. The van der Waals surface area contributed by atoms with Gasteiger partial charge in [0.05, 0.1) is 18.1 Å². The Bertz CT molecular complexity index is 750. The van der Waals surface area contributed by atoms with E-state index in [0.29, 0.717) is 18.9 Å². The van der Waals surface area contributed by atoms with E-state index in [1.807, 2.05) is 6.92 Å². The smallest absolute Gasteiger partial charge is 0.191 e. The van der Waals surface area contributed by atoms with Crippen molar-refractivity contribution in [3.63, 3.8) is 0 Å². The van der Waals surface area contributed by atoms with E-state index in [-0.39, 0.29) is 17.5 Å². The predicted molar refractivity (Wildman–Crippen MR) is 103 cm³/mol. The van der Waals surface area contributed by atoms with Crippen molar-refractivity contribution < 1.29 is 8.42 Å². The molecule has 6 nitrogen and oxygen atoms in total. The summed E-state index contributed by atoms with van der Waals surface area (Å²) >= 11 is 0. The third kappa shape index (κ3) is 4.98. The number of nitrogens with zero attached hydrogens (tertiary/aromatic N) is 2. The second-order valence-electron chi connectivity index (χ2n) is 6.49. The molecule has 3 rings (SSSR count). The quantitative estimate of drug-likeness (QED) is 0.469. The van der Waals surface area contributed by atoms with Crippen LogP contribution in [0.25, 0.3) is 0 Å². The van der Waals surface area contributed by atoms with E-state index in [9.17, 15) is 8.42 Å². The zero-order valence-electron chi connectivity index (χ0n) is 14.6. The van der Waals surface area contributed by atoms with Crippen molar-refractivity contribution in [2.24, 2.45) is 4.99 Å². The number of rotatable bonds is 5. The first kappa shape index (κ1) is 17.8. The van der Waals surface area contributed by atoms with Crippen LogP contribution >= 0.6 is 0 Å². The van der Waals surface area contributed by atoms with Crippen molar-refractivity contribution in [2.45, 2.75) is 25.9 Å². The molecule has 0 aromatic heterocycles. The van der Waals surface area contributed by atoms with Gasteiger partial charge in [-0.05, 0) is 31.0 Å². The normalized spacial score (nSPS) is 22.4. The fourth-order valence-electron chi connectivity index (χ4n) is 3.13. The van der Waals surface area contributed by atoms with Crippen LogP contribution in [-0.2, 0) is 16.4 Å². The molecule has 1 aromatic rings. The molecule has 1 saturated heterocycles. The van der Waals surface area contributed by atoms with Crippen LogP contribution in [0.2, 0.25) is 0 Å². The Morgan fingerprint density at radius 2 is 2.12 bits per heavy atom. The average molecular weight is 362 g/mol. The van der Waals surface area contributed by atoms with Crippen LogP contribution in [0, 0.1) is 0 Å². The van der Waals surface area contributed by atoms with E-state index in [1.165, 1.54) is 5.69 Å². The molecule has 136 valence electrons. The van der Waals surface area contributed by atoms with Crippen molar-refractivity contribution >= 4 is 21.5 Å². The molecule has 7 heteroatoms. The van der Waals surface area contributed by atoms with Crippen molar-refractivity contribution in [3.8, 4) is 0 Å². The molecule has 0 aliphatic carbocycles. The molecule has 0 bridgehead atoms. The second kappa shape index (κ2) is 7.91. The summed E-state index contributed by atoms with van der Waals surface area (Å²) in [5.41, 5.74) is 2.35. The zero-order chi connectivity index (χ0) is 17.7. The van der Waals surface area contributed by atoms with Crippen molar-refractivity contribution in [2.75, 3.05) is 36.0 Å². The van der Waals surface area contributed by atoms with E-state index < -0.39 is 9.84 Å². The molecule has 1 aromatic carbocycles. The number of sulfone groups is 1. The highest BCUT2D eigenvalue weighted by Gasteiger charge is 2.28. The maximum Gasteiger partial charge on any atom is 0.191 e. The van der Waals surface area contributed by atoms with E-state index in [4.69, 9.17) is 0 Å². The lowest BCUT2D eigenvalue weighted by atomic mass is 10.2. The van der Waals surface area contributed by atoms with Gasteiger partial charge in [0.2, 0.25) is 0 Å². The molecule has 25 heavy (non-hydrogen) atoms. The standard InChI is InChI=1S/C18H26N4O2S/c1-2-19-18(21-16-8-11-25(23,24)14-16)20-13-15-6-5-7-17(12-15)22-9-3-4-10-22/h3-7,12,16H,2,8-11,13-14H2,1H3,(H2,19,20,21). The van der Waals surface area contributed by atoms with Crippen molar-refractivity contribution in [3.05, 3.63) is 42.0 Å². The van der Waals surface area contributed by atoms with Crippen LogP contribution in [0.4, 0.5) is 5.69 Å². The maximum absolute atomic E-state index is 11.6. The number of anilines is 1. The molecule has 2 N–H and O–H groups in total. The van der Waals surface area contributed by atoms with Gasteiger partial charge in [-0.1, -0.05) is 24.3 Å². The number of aliphatic imine (C=N–C) groups is 1. The van der Waals surface area contributed by atoms with Gasteiger partial charge in [-0.15, -0.1) is 0 Å². The van der Waals surface area contributed by atoms with E-state index in [2.05, 4.69) is 56.9 Å². The molecule has 2 aliphatic rings. The predicted octanol–water partition coefficient (Wildman–Crippen LogP) is 1.31. The molecule has 2 aliphatic heterocycles. The summed E-state index contributed by atoms with van der Waals surface area (Å²) in [6, 6.07) is 8.36. The van der Waals surface area contributed by atoms with Gasteiger partial charge in [0.25, 0.3) is 0 Å². The second-order valence-corrected chi connectivity index (χ2v) is 8.71. The van der Waals surface area contributed by atoms with Gasteiger partial charge in [0.1, 0.15) is 0 Å². The van der Waals surface area contributed by atoms with Gasteiger partial charge >= 0.3 is 0 Å². The lowest BCUT2D eigenvalue weighted by Crippen LogP contribution is -2.44. The highest BCUT2D eigenvalue weighted by molar-refractivity contribution is 7.91. The molecule has 1 unspecified atom stereocenters. The van der Waals surface area contributed by atoms with Gasteiger partial charge < -0.3 is 15.5 Å². The summed E-state index contributed by atoms with van der Waals surface area (Å²) < 4.78 is 23.2.